The van der Waals surface area contributed by atoms with E-state index >= 15 is 0 Å². The van der Waals surface area contributed by atoms with Gasteiger partial charge in [-0.25, -0.2) is 0 Å². The Morgan fingerprint density at radius 2 is 1.79 bits per heavy atom. The minimum Gasteiger partial charge on any atom is -0.494 e. The lowest BCUT2D eigenvalue weighted by Crippen LogP contribution is -2.64. The maximum atomic E-state index is 10.8. The summed E-state index contributed by atoms with van der Waals surface area (Å²) in [6.07, 6.45) is -3.53. The average Bonchev–Trinajstić information content (AvgIpc) is 2.85. The molecule has 0 spiro atoms. The highest BCUT2D eigenvalue weighted by Crippen LogP contribution is 2.40. The maximum absolute atomic E-state index is 10.8. The molecule has 1 saturated heterocycles. The quantitative estimate of drug-likeness (QED) is 0.287. The monoisotopic (exact) mass is 474 g/mol. The fourth-order valence-corrected chi connectivity index (χ4v) is 4.16. The van der Waals surface area contributed by atoms with Crippen molar-refractivity contribution >= 4 is 0 Å². The number of ether oxygens (including phenoxy) is 4. The molecule has 1 fully saturated rings. The zero-order valence-electron chi connectivity index (χ0n) is 19.6. The zero-order valence-corrected chi connectivity index (χ0v) is 19.6. The molecule has 1 heterocycles. The summed E-state index contributed by atoms with van der Waals surface area (Å²) in [6.45, 7) is 6.39. The van der Waals surface area contributed by atoms with Crippen LogP contribution < -0.4 is 4.74 Å². The van der Waals surface area contributed by atoms with Crippen LogP contribution >= 0.6 is 0 Å². The normalized spacial score (nSPS) is 26.9. The third kappa shape index (κ3) is 5.50. The van der Waals surface area contributed by atoms with Gasteiger partial charge >= 0.3 is 0 Å². The second-order valence-electron chi connectivity index (χ2n) is 8.18. The summed E-state index contributed by atoms with van der Waals surface area (Å²) < 4.78 is 22.6. The Hall–Kier alpha value is -2.30. The van der Waals surface area contributed by atoms with Crippen LogP contribution in [-0.4, -0.2) is 71.8 Å². The largest absolute Gasteiger partial charge is 0.494 e. The van der Waals surface area contributed by atoms with E-state index in [0.29, 0.717) is 31.8 Å². The first-order valence-electron chi connectivity index (χ1n) is 11.3. The fraction of sp³-hybridized carbons (Fsp3) is 0.462. The molecule has 186 valence electrons. The van der Waals surface area contributed by atoms with Crippen molar-refractivity contribution in [2.24, 2.45) is 0 Å². The first-order valence-corrected chi connectivity index (χ1v) is 11.3. The highest BCUT2D eigenvalue weighted by molar-refractivity contribution is 5.39. The summed E-state index contributed by atoms with van der Waals surface area (Å²) in [6, 6.07) is 13.2. The minimum atomic E-state index is -1.78. The van der Waals surface area contributed by atoms with Crippen LogP contribution in [0.15, 0.2) is 55.1 Å². The van der Waals surface area contributed by atoms with E-state index in [9.17, 15) is 20.4 Å². The summed E-state index contributed by atoms with van der Waals surface area (Å²) in [5, 5.41) is 41.1. The first-order chi connectivity index (χ1) is 16.4. The van der Waals surface area contributed by atoms with Gasteiger partial charge in [0.1, 0.15) is 30.2 Å². The molecule has 0 amide bonds. The summed E-state index contributed by atoms with van der Waals surface area (Å²) in [5.41, 5.74) is 3.31. The molecular formula is C26H34O8. The predicted molar refractivity (Wildman–Crippen MR) is 125 cm³/mol. The Bertz CT molecular complexity index is 929. The molecule has 1 aliphatic heterocycles. The summed E-state index contributed by atoms with van der Waals surface area (Å²) >= 11 is 0. The van der Waals surface area contributed by atoms with Crippen molar-refractivity contribution in [1.82, 2.24) is 0 Å². The Morgan fingerprint density at radius 1 is 1.06 bits per heavy atom. The number of hydrogen-bond donors (Lipinski definition) is 4. The molecule has 4 N–H and O–H groups in total. The number of aliphatic hydroxyl groups excluding tert-OH is 4. The van der Waals surface area contributed by atoms with Crippen molar-refractivity contribution in [1.29, 1.82) is 0 Å². The molecule has 1 aliphatic rings. The predicted octanol–water partition coefficient (Wildman–Crippen LogP) is 1.65. The molecule has 0 aliphatic carbocycles. The van der Waals surface area contributed by atoms with Crippen molar-refractivity contribution in [2.75, 3.05) is 26.9 Å². The molecule has 0 saturated carbocycles. The zero-order chi connectivity index (χ0) is 24.7. The van der Waals surface area contributed by atoms with E-state index in [0.717, 1.165) is 22.4 Å². The smallest absolute Gasteiger partial charge is 0.224 e. The minimum absolute atomic E-state index is 0.350. The van der Waals surface area contributed by atoms with E-state index in [1.54, 1.807) is 12.1 Å². The van der Waals surface area contributed by atoms with Crippen LogP contribution in [0, 0.1) is 0 Å². The van der Waals surface area contributed by atoms with Crippen molar-refractivity contribution in [2.45, 2.75) is 50.2 Å². The number of methoxy groups -OCH3 is 1. The highest BCUT2D eigenvalue weighted by Gasteiger charge is 2.55. The van der Waals surface area contributed by atoms with Crippen LogP contribution in [0.1, 0.15) is 29.2 Å². The van der Waals surface area contributed by atoms with Gasteiger partial charge in [0.05, 0.1) is 26.4 Å². The van der Waals surface area contributed by atoms with Gasteiger partial charge in [0, 0.05) is 12.7 Å². The van der Waals surface area contributed by atoms with Gasteiger partial charge in [-0.05, 0) is 48.2 Å². The number of aliphatic hydroxyl groups is 4. The summed E-state index contributed by atoms with van der Waals surface area (Å²) in [5.74, 6) is -0.991. The molecule has 0 aromatic heterocycles. The molecule has 2 aromatic carbocycles. The van der Waals surface area contributed by atoms with Crippen molar-refractivity contribution < 1.29 is 39.4 Å². The van der Waals surface area contributed by atoms with Crippen LogP contribution in [0.2, 0.25) is 0 Å². The van der Waals surface area contributed by atoms with E-state index in [2.05, 4.69) is 6.58 Å². The SMILES string of the molecule is C=CCOCc1ccc([C@]2(OC)O[C@H](CO)[C@@H](O)[C@H](O)[C@H]2O)cc1Cc1ccc(OCC)cc1. The van der Waals surface area contributed by atoms with Crippen LogP contribution in [-0.2, 0) is 33.0 Å². The lowest BCUT2D eigenvalue weighted by molar-refractivity contribution is -0.366. The Kier molecular flexibility index (Phi) is 9.21. The Balaban J connectivity index is 1.99. The van der Waals surface area contributed by atoms with Crippen molar-refractivity contribution in [3.05, 3.63) is 77.4 Å². The molecule has 0 bridgehead atoms. The van der Waals surface area contributed by atoms with Gasteiger partial charge in [-0.3, -0.25) is 0 Å². The molecule has 8 heteroatoms. The topological polar surface area (TPSA) is 118 Å². The van der Waals surface area contributed by atoms with Gasteiger partial charge in [0.15, 0.2) is 0 Å². The second-order valence-corrected chi connectivity index (χ2v) is 8.18. The third-order valence-corrected chi connectivity index (χ3v) is 5.98. The third-order valence-electron chi connectivity index (χ3n) is 5.98. The average molecular weight is 475 g/mol. The van der Waals surface area contributed by atoms with Gasteiger partial charge in [-0.1, -0.05) is 30.3 Å². The van der Waals surface area contributed by atoms with Crippen LogP contribution in [0.3, 0.4) is 0 Å². The molecule has 8 nitrogen and oxygen atoms in total. The molecule has 0 unspecified atom stereocenters. The first kappa shape index (κ1) is 26.3. The number of benzene rings is 2. The molecule has 0 radical (unpaired) electrons. The Morgan fingerprint density at radius 3 is 2.41 bits per heavy atom. The van der Waals surface area contributed by atoms with Crippen molar-refractivity contribution in [3.63, 3.8) is 0 Å². The maximum Gasteiger partial charge on any atom is 0.224 e. The summed E-state index contributed by atoms with van der Waals surface area (Å²) in [4.78, 5) is 0. The van der Waals surface area contributed by atoms with E-state index in [-0.39, 0.29) is 0 Å². The molecule has 5 atom stereocenters. The second kappa shape index (κ2) is 11.9. The molecule has 2 aromatic rings. The number of hydrogen-bond acceptors (Lipinski definition) is 8. The van der Waals surface area contributed by atoms with E-state index in [1.165, 1.54) is 7.11 Å². The van der Waals surface area contributed by atoms with Gasteiger partial charge in [0.2, 0.25) is 5.79 Å². The Labute approximate surface area is 200 Å². The van der Waals surface area contributed by atoms with Gasteiger partial charge in [-0.15, -0.1) is 6.58 Å². The van der Waals surface area contributed by atoms with Crippen LogP contribution in [0.25, 0.3) is 0 Å². The van der Waals surface area contributed by atoms with Gasteiger partial charge in [-0.2, -0.15) is 0 Å². The van der Waals surface area contributed by atoms with Crippen LogP contribution in [0.5, 0.6) is 5.75 Å². The fourth-order valence-electron chi connectivity index (χ4n) is 4.16. The number of rotatable bonds is 11. The van der Waals surface area contributed by atoms with E-state index < -0.39 is 36.8 Å². The van der Waals surface area contributed by atoms with Crippen LogP contribution in [0.4, 0.5) is 0 Å². The van der Waals surface area contributed by atoms with Gasteiger partial charge in [0.25, 0.3) is 0 Å². The van der Waals surface area contributed by atoms with E-state index in [4.69, 9.17) is 18.9 Å². The molecule has 3 rings (SSSR count). The van der Waals surface area contributed by atoms with Crippen molar-refractivity contribution in [3.8, 4) is 5.75 Å². The summed E-state index contributed by atoms with van der Waals surface area (Å²) in [7, 11) is 1.34. The van der Waals surface area contributed by atoms with Gasteiger partial charge < -0.3 is 39.4 Å². The highest BCUT2D eigenvalue weighted by atomic mass is 16.7. The molecule has 34 heavy (non-hydrogen) atoms. The molecular weight excluding hydrogens is 440 g/mol. The standard InChI is InChI=1S/C26H34O8/c1-4-12-32-16-18-8-9-20(14-19(18)13-17-6-10-21(11-7-17)33-5-2)26(31-3)25(30)24(29)23(28)22(15-27)34-26/h4,6-11,14,22-25,27-30H,1,5,12-13,15-16H2,2-3H3/t22-,23-,24+,25-,26+/m1/s1. The lowest BCUT2D eigenvalue weighted by atomic mass is 9.86. The van der Waals surface area contributed by atoms with E-state index in [1.807, 2.05) is 43.3 Å². The lowest BCUT2D eigenvalue weighted by Gasteiger charge is -2.47.